The van der Waals surface area contributed by atoms with Gasteiger partial charge in [-0.3, -0.25) is 14.4 Å². The summed E-state index contributed by atoms with van der Waals surface area (Å²) in [4.78, 5) is 37.4. The van der Waals surface area contributed by atoms with Gasteiger partial charge in [0, 0.05) is 35.8 Å². The highest BCUT2D eigenvalue weighted by atomic mass is 35.5. The van der Waals surface area contributed by atoms with Crippen LogP contribution in [0.25, 0.3) is 0 Å². The van der Waals surface area contributed by atoms with Crippen molar-refractivity contribution in [2.45, 2.75) is 19.4 Å². The van der Waals surface area contributed by atoms with E-state index in [1.807, 2.05) is 0 Å². The van der Waals surface area contributed by atoms with Crippen molar-refractivity contribution in [1.82, 2.24) is 5.32 Å². The van der Waals surface area contributed by atoms with Gasteiger partial charge in [-0.1, -0.05) is 11.6 Å². The minimum Gasteiger partial charge on any atom is -0.456 e. The summed E-state index contributed by atoms with van der Waals surface area (Å²) in [6.45, 7) is 1.95. The smallest absolute Gasteiger partial charge is 0.287 e. The van der Waals surface area contributed by atoms with Gasteiger partial charge in [0.1, 0.15) is 5.76 Å². The van der Waals surface area contributed by atoms with Crippen molar-refractivity contribution < 1.29 is 14.0 Å². The Morgan fingerprint density at radius 1 is 1.25 bits per heavy atom. The molecule has 2 aromatic rings. The van der Waals surface area contributed by atoms with Crippen LogP contribution < -0.4 is 15.6 Å². The summed E-state index contributed by atoms with van der Waals surface area (Å²) < 4.78 is 5.26. The van der Waals surface area contributed by atoms with Crippen molar-refractivity contribution in [2.75, 3.05) is 11.4 Å². The number of hydrogen-bond acceptors (Lipinski definition) is 4. The van der Waals surface area contributed by atoms with E-state index in [4.69, 9.17) is 16.0 Å². The molecule has 1 aromatic carbocycles. The quantitative estimate of drug-likeness (QED) is 0.923. The van der Waals surface area contributed by atoms with Gasteiger partial charge < -0.3 is 14.6 Å². The highest BCUT2D eigenvalue weighted by Crippen LogP contribution is 2.23. The molecule has 124 valence electrons. The highest BCUT2D eigenvalue weighted by Gasteiger charge is 2.32. The second kappa shape index (κ2) is 6.49. The minimum atomic E-state index is -0.508. The van der Waals surface area contributed by atoms with Gasteiger partial charge in [-0.25, -0.2) is 0 Å². The summed E-state index contributed by atoms with van der Waals surface area (Å²) in [5.41, 5.74) is 0.428. The third-order valence-electron chi connectivity index (χ3n) is 3.71. The molecular formula is C17H15ClN2O4. The van der Waals surface area contributed by atoms with Crippen LogP contribution in [-0.4, -0.2) is 24.4 Å². The zero-order valence-electron chi connectivity index (χ0n) is 12.9. The Hall–Kier alpha value is -2.60. The zero-order chi connectivity index (χ0) is 17.3. The van der Waals surface area contributed by atoms with E-state index in [1.165, 1.54) is 6.07 Å². The molecule has 0 aliphatic carbocycles. The molecule has 1 fully saturated rings. The Bertz CT molecular complexity index is 844. The van der Waals surface area contributed by atoms with Crippen LogP contribution in [0.4, 0.5) is 5.69 Å². The minimum absolute atomic E-state index is 0.0580. The number of benzene rings is 1. The number of nitrogens with one attached hydrogen (secondary N) is 1. The van der Waals surface area contributed by atoms with Gasteiger partial charge in [0.05, 0.1) is 6.04 Å². The maximum atomic E-state index is 12.2. The average molecular weight is 347 g/mol. The first kappa shape index (κ1) is 16.3. The van der Waals surface area contributed by atoms with Crippen molar-refractivity contribution in [3.05, 3.63) is 63.2 Å². The molecule has 0 spiro atoms. The summed E-state index contributed by atoms with van der Waals surface area (Å²) in [6, 6.07) is 9.00. The zero-order valence-corrected chi connectivity index (χ0v) is 13.7. The molecule has 3 rings (SSSR count). The largest absolute Gasteiger partial charge is 0.456 e. The molecule has 2 amide bonds. The van der Waals surface area contributed by atoms with Crippen molar-refractivity contribution in [3.8, 4) is 0 Å². The maximum absolute atomic E-state index is 12.2. The Morgan fingerprint density at radius 3 is 2.62 bits per heavy atom. The summed E-state index contributed by atoms with van der Waals surface area (Å²) >= 11 is 5.85. The Morgan fingerprint density at radius 2 is 1.96 bits per heavy atom. The van der Waals surface area contributed by atoms with Gasteiger partial charge in [-0.15, -0.1) is 0 Å². The molecule has 1 N–H and O–H groups in total. The van der Waals surface area contributed by atoms with Gasteiger partial charge in [-0.05, 0) is 31.2 Å². The Balaban J connectivity index is 1.70. The van der Waals surface area contributed by atoms with Crippen LogP contribution in [0.2, 0.25) is 5.02 Å². The fourth-order valence-corrected chi connectivity index (χ4v) is 2.77. The number of carbonyl (C=O) groups excluding carboxylic acids is 2. The lowest BCUT2D eigenvalue weighted by molar-refractivity contribution is -0.117. The number of rotatable bonds is 3. The number of anilines is 1. The molecular weight excluding hydrogens is 332 g/mol. The molecule has 1 saturated heterocycles. The van der Waals surface area contributed by atoms with E-state index in [9.17, 15) is 14.4 Å². The SMILES string of the molecule is Cc1cc(=O)cc(C(=O)N[C@@H]2CC(=O)N(c3ccc(Cl)cc3)C2)o1. The fourth-order valence-electron chi connectivity index (χ4n) is 2.65. The van der Waals surface area contributed by atoms with E-state index in [-0.39, 0.29) is 29.6 Å². The molecule has 0 radical (unpaired) electrons. The van der Waals surface area contributed by atoms with Crippen LogP contribution >= 0.6 is 11.6 Å². The van der Waals surface area contributed by atoms with E-state index < -0.39 is 5.91 Å². The van der Waals surface area contributed by atoms with E-state index in [2.05, 4.69) is 5.32 Å². The standard InChI is InChI=1S/C17H15ClN2O4/c1-10-6-14(21)8-15(24-10)17(23)19-12-7-16(22)20(9-12)13-4-2-11(18)3-5-13/h2-6,8,12H,7,9H2,1H3,(H,19,23)/t12-/m1/s1. The number of nitrogens with zero attached hydrogens (tertiary/aromatic N) is 1. The molecule has 0 saturated carbocycles. The lowest BCUT2D eigenvalue weighted by atomic mass is 10.2. The van der Waals surface area contributed by atoms with E-state index in [0.29, 0.717) is 17.3 Å². The van der Waals surface area contributed by atoms with Gasteiger partial charge >= 0.3 is 0 Å². The van der Waals surface area contributed by atoms with Crippen molar-refractivity contribution >= 4 is 29.1 Å². The molecule has 0 unspecified atom stereocenters. The summed E-state index contributed by atoms with van der Waals surface area (Å²) in [5.74, 6) is -0.296. The van der Waals surface area contributed by atoms with Crippen LogP contribution in [0.3, 0.4) is 0 Å². The predicted octanol–water partition coefficient (Wildman–Crippen LogP) is 2.14. The lowest BCUT2D eigenvalue weighted by Gasteiger charge is -2.17. The second-order valence-electron chi connectivity index (χ2n) is 5.62. The van der Waals surface area contributed by atoms with Crippen LogP contribution in [0.15, 0.2) is 45.6 Å². The second-order valence-corrected chi connectivity index (χ2v) is 6.06. The number of amides is 2. The summed E-state index contributed by atoms with van der Waals surface area (Å²) in [5, 5.41) is 3.32. The number of aryl methyl sites for hydroxylation is 1. The molecule has 6 nitrogen and oxygen atoms in total. The number of hydrogen-bond donors (Lipinski definition) is 1. The van der Waals surface area contributed by atoms with Crippen LogP contribution in [0, 0.1) is 6.92 Å². The van der Waals surface area contributed by atoms with Crippen molar-refractivity contribution in [2.24, 2.45) is 0 Å². The molecule has 1 atom stereocenters. The van der Waals surface area contributed by atoms with Crippen LogP contribution in [-0.2, 0) is 4.79 Å². The first-order valence-corrected chi connectivity index (χ1v) is 7.79. The van der Waals surface area contributed by atoms with Gasteiger partial charge in [0.25, 0.3) is 5.91 Å². The summed E-state index contributed by atoms with van der Waals surface area (Å²) in [7, 11) is 0. The normalized spacial score (nSPS) is 17.2. The molecule has 1 aliphatic heterocycles. The maximum Gasteiger partial charge on any atom is 0.287 e. The van der Waals surface area contributed by atoms with Gasteiger partial charge in [0.2, 0.25) is 5.91 Å². The predicted molar refractivity (Wildman–Crippen MR) is 89.4 cm³/mol. The lowest BCUT2D eigenvalue weighted by Crippen LogP contribution is -2.37. The average Bonchev–Trinajstić information content (AvgIpc) is 2.87. The number of halogens is 1. The number of carbonyl (C=O) groups is 2. The van der Waals surface area contributed by atoms with Gasteiger partial charge in [-0.2, -0.15) is 0 Å². The Labute approximate surface area is 143 Å². The third-order valence-corrected chi connectivity index (χ3v) is 3.96. The molecule has 24 heavy (non-hydrogen) atoms. The van der Waals surface area contributed by atoms with Crippen LogP contribution in [0.1, 0.15) is 22.7 Å². The van der Waals surface area contributed by atoms with Gasteiger partial charge in [0.15, 0.2) is 11.2 Å². The third kappa shape index (κ3) is 3.49. The first-order chi connectivity index (χ1) is 11.4. The Kier molecular flexibility index (Phi) is 4.40. The monoisotopic (exact) mass is 346 g/mol. The topological polar surface area (TPSA) is 79.6 Å². The van der Waals surface area contributed by atoms with Crippen LogP contribution in [0.5, 0.6) is 0 Å². The summed E-state index contributed by atoms with van der Waals surface area (Å²) in [6.07, 6.45) is 0.185. The molecule has 1 aromatic heterocycles. The molecule has 1 aliphatic rings. The van der Waals surface area contributed by atoms with Crippen molar-refractivity contribution in [3.63, 3.8) is 0 Å². The van der Waals surface area contributed by atoms with E-state index in [1.54, 1.807) is 36.1 Å². The van der Waals surface area contributed by atoms with E-state index >= 15 is 0 Å². The first-order valence-electron chi connectivity index (χ1n) is 7.41. The van der Waals surface area contributed by atoms with E-state index in [0.717, 1.165) is 11.8 Å². The molecule has 7 heteroatoms. The fraction of sp³-hybridized carbons (Fsp3) is 0.235. The molecule has 2 heterocycles. The highest BCUT2D eigenvalue weighted by molar-refractivity contribution is 6.30. The molecule has 0 bridgehead atoms. The van der Waals surface area contributed by atoms with Crippen molar-refractivity contribution in [1.29, 1.82) is 0 Å².